The Labute approximate surface area is 202 Å². The number of anilines is 1. The maximum absolute atomic E-state index is 12.5. The van der Waals surface area contributed by atoms with Gasteiger partial charge in [-0.15, -0.1) is 0 Å². The van der Waals surface area contributed by atoms with E-state index in [0.29, 0.717) is 13.1 Å². The molecule has 3 heterocycles. The fourth-order valence-electron chi connectivity index (χ4n) is 4.72. The second kappa shape index (κ2) is 9.16. The monoisotopic (exact) mass is 458 g/mol. The van der Waals surface area contributed by atoms with Gasteiger partial charge >= 0.3 is 6.09 Å². The summed E-state index contributed by atoms with van der Waals surface area (Å²) in [6.45, 7) is 8.83. The van der Waals surface area contributed by atoms with Crippen LogP contribution in [0.1, 0.15) is 56.1 Å². The zero-order chi connectivity index (χ0) is 23.7. The van der Waals surface area contributed by atoms with E-state index in [9.17, 15) is 4.79 Å². The number of hydrogen-bond acceptors (Lipinski definition) is 4. The van der Waals surface area contributed by atoms with Gasteiger partial charge in [0.1, 0.15) is 11.4 Å². The molecule has 2 aliphatic heterocycles. The second-order valence-corrected chi connectivity index (χ2v) is 10.4. The van der Waals surface area contributed by atoms with Crippen molar-refractivity contribution in [3.05, 3.63) is 71.2 Å². The first kappa shape index (κ1) is 22.5. The summed E-state index contributed by atoms with van der Waals surface area (Å²) < 4.78 is 7.86. The van der Waals surface area contributed by atoms with Crippen LogP contribution in [0.15, 0.2) is 48.7 Å². The molecule has 0 fully saturated rings. The molecule has 5 rings (SSSR count). The predicted octanol–water partition coefficient (Wildman–Crippen LogP) is 5.79. The van der Waals surface area contributed by atoms with Crippen LogP contribution in [-0.4, -0.2) is 32.7 Å². The standard InChI is InChI=1S/C28H34N4O2/c1-28(2,3)34-27(33)32-15-13-21-8-7-20(16-23(21)18-32)17-29-24-11-9-22(10-12-24)25-19-31-14-5-4-6-26(31)30-25/h7-12,16,19,29H,4-6,13-15,17-18H2,1-3H3. The van der Waals surface area contributed by atoms with Gasteiger partial charge in [-0.25, -0.2) is 9.78 Å². The van der Waals surface area contributed by atoms with Crippen molar-refractivity contribution in [2.75, 3.05) is 11.9 Å². The summed E-state index contributed by atoms with van der Waals surface area (Å²) in [6.07, 6.45) is 6.37. The van der Waals surface area contributed by atoms with Crippen molar-refractivity contribution in [2.24, 2.45) is 0 Å². The largest absolute Gasteiger partial charge is 0.444 e. The lowest BCUT2D eigenvalue weighted by Gasteiger charge is -2.31. The number of carbonyl (C=O) groups is 1. The van der Waals surface area contributed by atoms with E-state index in [1.807, 2.05) is 20.8 Å². The Bertz CT molecular complexity index is 1150. The van der Waals surface area contributed by atoms with E-state index in [2.05, 4.69) is 58.5 Å². The molecule has 3 aromatic rings. The highest BCUT2D eigenvalue weighted by Gasteiger charge is 2.25. The van der Waals surface area contributed by atoms with Crippen molar-refractivity contribution in [3.8, 4) is 11.3 Å². The average molecular weight is 459 g/mol. The fourth-order valence-corrected chi connectivity index (χ4v) is 4.72. The average Bonchev–Trinajstić information content (AvgIpc) is 3.26. The quantitative estimate of drug-likeness (QED) is 0.537. The molecule has 0 bridgehead atoms. The Kier molecular flexibility index (Phi) is 6.07. The SMILES string of the molecule is CC(C)(C)OC(=O)N1CCc2ccc(CNc3ccc(-c4cn5c(n4)CCCC5)cc3)cc2C1. The number of rotatable bonds is 4. The van der Waals surface area contributed by atoms with Crippen molar-refractivity contribution in [1.29, 1.82) is 0 Å². The first-order valence-corrected chi connectivity index (χ1v) is 12.3. The lowest BCUT2D eigenvalue weighted by atomic mass is 9.97. The molecule has 0 aliphatic carbocycles. The Morgan fingerprint density at radius 2 is 1.85 bits per heavy atom. The van der Waals surface area contributed by atoms with Gasteiger partial charge in [0.2, 0.25) is 0 Å². The van der Waals surface area contributed by atoms with Crippen molar-refractivity contribution in [1.82, 2.24) is 14.5 Å². The Morgan fingerprint density at radius 3 is 2.62 bits per heavy atom. The Morgan fingerprint density at radius 1 is 1.03 bits per heavy atom. The van der Waals surface area contributed by atoms with Gasteiger partial charge in [-0.05, 0) is 68.9 Å². The highest BCUT2D eigenvalue weighted by atomic mass is 16.6. The summed E-state index contributed by atoms with van der Waals surface area (Å²) in [5.41, 5.74) is 6.55. The molecule has 2 aromatic carbocycles. The number of amides is 1. The molecule has 34 heavy (non-hydrogen) atoms. The van der Waals surface area contributed by atoms with E-state index < -0.39 is 5.60 Å². The molecule has 1 N–H and O–H groups in total. The Hall–Kier alpha value is -3.28. The molecule has 6 nitrogen and oxygen atoms in total. The van der Waals surface area contributed by atoms with Crippen LogP contribution >= 0.6 is 0 Å². The van der Waals surface area contributed by atoms with Crippen LogP contribution in [0, 0.1) is 0 Å². The van der Waals surface area contributed by atoms with E-state index in [4.69, 9.17) is 9.72 Å². The second-order valence-electron chi connectivity index (χ2n) is 10.4. The molecule has 6 heteroatoms. The van der Waals surface area contributed by atoms with Crippen LogP contribution in [0.2, 0.25) is 0 Å². The number of aromatic nitrogens is 2. The third-order valence-corrected chi connectivity index (χ3v) is 6.52. The van der Waals surface area contributed by atoms with Crippen LogP contribution in [0.5, 0.6) is 0 Å². The molecule has 0 unspecified atom stereocenters. The summed E-state index contributed by atoms with van der Waals surface area (Å²) in [5, 5.41) is 3.53. The number of carbonyl (C=O) groups excluding carboxylic acids is 1. The molecule has 0 radical (unpaired) electrons. The first-order valence-electron chi connectivity index (χ1n) is 12.3. The van der Waals surface area contributed by atoms with E-state index in [-0.39, 0.29) is 6.09 Å². The molecular formula is C28H34N4O2. The zero-order valence-electron chi connectivity index (χ0n) is 20.4. The van der Waals surface area contributed by atoms with Crippen molar-refractivity contribution >= 4 is 11.8 Å². The maximum Gasteiger partial charge on any atom is 0.410 e. The molecule has 178 valence electrons. The molecule has 1 amide bonds. The molecule has 2 aliphatic rings. The van der Waals surface area contributed by atoms with Crippen LogP contribution in [-0.2, 0) is 37.2 Å². The predicted molar refractivity (Wildman–Crippen MR) is 135 cm³/mol. The molecular weight excluding hydrogens is 424 g/mol. The van der Waals surface area contributed by atoms with Gasteiger partial charge in [0.15, 0.2) is 0 Å². The van der Waals surface area contributed by atoms with Crippen LogP contribution in [0.3, 0.4) is 0 Å². The van der Waals surface area contributed by atoms with Gasteiger partial charge in [0, 0.05) is 50.0 Å². The minimum Gasteiger partial charge on any atom is -0.444 e. The van der Waals surface area contributed by atoms with Crippen LogP contribution < -0.4 is 5.32 Å². The lowest BCUT2D eigenvalue weighted by molar-refractivity contribution is 0.0224. The summed E-state index contributed by atoms with van der Waals surface area (Å²) in [5.74, 6) is 1.21. The Balaban J connectivity index is 1.21. The van der Waals surface area contributed by atoms with E-state index >= 15 is 0 Å². The molecule has 0 saturated carbocycles. The summed E-state index contributed by atoms with van der Waals surface area (Å²) in [7, 11) is 0. The number of nitrogens with zero attached hydrogens (tertiary/aromatic N) is 3. The van der Waals surface area contributed by atoms with Gasteiger partial charge < -0.3 is 19.5 Å². The third kappa shape index (κ3) is 5.11. The highest BCUT2D eigenvalue weighted by Crippen LogP contribution is 2.25. The van der Waals surface area contributed by atoms with E-state index in [1.165, 1.54) is 35.4 Å². The van der Waals surface area contributed by atoms with E-state index in [0.717, 1.165) is 42.9 Å². The van der Waals surface area contributed by atoms with Gasteiger partial charge in [0.25, 0.3) is 0 Å². The smallest absolute Gasteiger partial charge is 0.410 e. The summed E-state index contributed by atoms with van der Waals surface area (Å²) in [6, 6.07) is 15.1. The van der Waals surface area contributed by atoms with E-state index in [1.54, 1.807) is 4.90 Å². The van der Waals surface area contributed by atoms with Crippen LogP contribution in [0.25, 0.3) is 11.3 Å². The summed E-state index contributed by atoms with van der Waals surface area (Å²) in [4.78, 5) is 19.1. The number of hydrogen-bond donors (Lipinski definition) is 1. The van der Waals surface area contributed by atoms with Gasteiger partial charge in [-0.2, -0.15) is 0 Å². The third-order valence-electron chi connectivity index (χ3n) is 6.52. The normalized spacial score (nSPS) is 15.4. The van der Waals surface area contributed by atoms with Crippen molar-refractivity contribution in [3.63, 3.8) is 0 Å². The van der Waals surface area contributed by atoms with Gasteiger partial charge in [0.05, 0.1) is 5.69 Å². The topological polar surface area (TPSA) is 59.4 Å². The maximum atomic E-state index is 12.5. The molecule has 0 saturated heterocycles. The minimum atomic E-state index is -0.476. The first-order chi connectivity index (χ1) is 16.3. The zero-order valence-corrected chi connectivity index (χ0v) is 20.4. The van der Waals surface area contributed by atoms with Crippen molar-refractivity contribution in [2.45, 2.75) is 71.7 Å². The van der Waals surface area contributed by atoms with Gasteiger partial charge in [-0.1, -0.05) is 30.3 Å². The number of nitrogens with one attached hydrogen (secondary N) is 1. The number of aryl methyl sites for hydroxylation is 2. The lowest BCUT2D eigenvalue weighted by Crippen LogP contribution is -2.39. The number of fused-ring (bicyclic) bond motifs is 2. The minimum absolute atomic E-state index is 0.236. The van der Waals surface area contributed by atoms with Gasteiger partial charge in [-0.3, -0.25) is 0 Å². The summed E-state index contributed by atoms with van der Waals surface area (Å²) >= 11 is 0. The molecule has 0 atom stereocenters. The molecule has 1 aromatic heterocycles. The molecule has 0 spiro atoms. The fraction of sp³-hybridized carbons (Fsp3) is 0.429. The highest BCUT2D eigenvalue weighted by molar-refractivity contribution is 5.68. The van der Waals surface area contributed by atoms with Crippen molar-refractivity contribution < 1.29 is 9.53 Å². The van der Waals surface area contributed by atoms with Crippen LogP contribution in [0.4, 0.5) is 10.5 Å². The number of benzene rings is 2. The number of ether oxygens (including phenoxy) is 1. The number of imidazole rings is 1.